The third-order valence-electron chi connectivity index (χ3n) is 6.09. The summed E-state index contributed by atoms with van der Waals surface area (Å²) in [6.07, 6.45) is 4.62. The Bertz CT molecular complexity index is 1130. The number of carbonyl (C=O) groups is 2. The van der Waals surface area contributed by atoms with Crippen LogP contribution in [0.1, 0.15) is 51.7 Å². The van der Waals surface area contributed by atoms with E-state index in [1.165, 1.54) is 9.70 Å². The molecule has 1 N–H and O–H groups in total. The van der Waals surface area contributed by atoms with Gasteiger partial charge in [0.05, 0.1) is 6.61 Å². The molecule has 1 aliphatic carbocycles. The van der Waals surface area contributed by atoms with Crippen LogP contribution in [-0.2, 0) is 16.1 Å². The lowest BCUT2D eigenvalue weighted by molar-refractivity contribution is -0.127. The summed E-state index contributed by atoms with van der Waals surface area (Å²) in [5.41, 5.74) is 0.605. The van der Waals surface area contributed by atoms with E-state index in [2.05, 4.69) is 20.7 Å². The minimum atomic E-state index is -0.670. The summed E-state index contributed by atoms with van der Waals surface area (Å²) >= 11 is 0. The molecule has 1 fully saturated rings. The van der Waals surface area contributed by atoms with Crippen molar-refractivity contribution in [1.29, 1.82) is 0 Å². The fourth-order valence-electron chi connectivity index (χ4n) is 4.38. The molecule has 2 aromatic heterocycles. The zero-order valence-electron chi connectivity index (χ0n) is 20.4. The molecule has 1 saturated carbocycles. The summed E-state index contributed by atoms with van der Waals surface area (Å²) in [6.45, 7) is 6.01. The molecular formula is C25H32N6O4. The quantitative estimate of drug-likeness (QED) is 0.472. The van der Waals surface area contributed by atoms with Gasteiger partial charge in [0.2, 0.25) is 11.7 Å². The van der Waals surface area contributed by atoms with Gasteiger partial charge in [0.1, 0.15) is 24.1 Å². The molecule has 0 aliphatic heterocycles. The molecule has 0 saturated heterocycles. The number of nitrogens with one attached hydrogen (secondary N) is 1. The summed E-state index contributed by atoms with van der Waals surface area (Å²) in [7, 11) is 0. The van der Waals surface area contributed by atoms with Crippen molar-refractivity contribution < 1.29 is 18.7 Å². The van der Waals surface area contributed by atoms with Gasteiger partial charge in [0.25, 0.3) is 5.91 Å². The topological polar surface area (TPSA) is 115 Å². The first-order valence-corrected chi connectivity index (χ1v) is 12.2. The fourth-order valence-corrected chi connectivity index (χ4v) is 4.38. The van der Waals surface area contributed by atoms with Crippen molar-refractivity contribution in [1.82, 2.24) is 25.5 Å². The van der Waals surface area contributed by atoms with E-state index in [4.69, 9.17) is 9.15 Å². The first-order chi connectivity index (χ1) is 17.0. The monoisotopic (exact) mass is 480 g/mol. The Morgan fingerprint density at radius 1 is 1.17 bits per heavy atom. The number of amides is 2. The lowest BCUT2D eigenvalue weighted by Gasteiger charge is -2.31. The van der Waals surface area contributed by atoms with Crippen LogP contribution in [0.15, 0.2) is 40.8 Å². The summed E-state index contributed by atoms with van der Waals surface area (Å²) < 4.78 is 11.1. The average Bonchev–Trinajstić information content (AvgIpc) is 3.61. The van der Waals surface area contributed by atoms with Crippen molar-refractivity contribution >= 4 is 17.5 Å². The van der Waals surface area contributed by atoms with Crippen molar-refractivity contribution in [2.45, 2.75) is 71.5 Å². The van der Waals surface area contributed by atoms with E-state index in [0.29, 0.717) is 36.0 Å². The molecule has 4 rings (SSSR count). The Morgan fingerprint density at radius 3 is 2.54 bits per heavy atom. The van der Waals surface area contributed by atoms with E-state index < -0.39 is 6.04 Å². The molecule has 0 bridgehead atoms. The number of furan rings is 1. The number of anilines is 1. The normalized spacial score (nSPS) is 14.6. The van der Waals surface area contributed by atoms with Crippen LogP contribution in [0.4, 0.5) is 5.69 Å². The minimum Gasteiger partial charge on any atom is -0.494 e. The number of tetrazole rings is 1. The van der Waals surface area contributed by atoms with E-state index in [1.54, 1.807) is 30.3 Å². The molecule has 0 spiro atoms. The van der Waals surface area contributed by atoms with Crippen molar-refractivity contribution in [2.24, 2.45) is 0 Å². The maximum Gasteiger partial charge on any atom is 0.251 e. The molecule has 10 heteroatoms. The molecule has 0 radical (unpaired) electrons. The first kappa shape index (κ1) is 24.4. The highest BCUT2D eigenvalue weighted by Gasteiger charge is 2.32. The number of benzene rings is 1. The molecule has 1 unspecified atom stereocenters. The largest absolute Gasteiger partial charge is 0.494 e. The first-order valence-electron chi connectivity index (χ1n) is 12.2. The third kappa shape index (κ3) is 5.87. The van der Waals surface area contributed by atoms with Crippen molar-refractivity contribution in [2.75, 3.05) is 11.5 Å². The average molecular weight is 481 g/mol. The van der Waals surface area contributed by atoms with Crippen LogP contribution >= 0.6 is 0 Å². The molecule has 3 aromatic rings. The van der Waals surface area contributed by atoms with Crippen LogP contribution in [0.3, 0.4) is 0 Å². The lowest BCUT2D eigenvalue weighted by Crippen LogP contribution is -2.52. The van der Waals surface area contributed by atoms with Gasteiger partial charge in [-0.05, 0) is 74.7 Å². The van der Waals surface area contributed by atoms with E-state index >= 15 is 0 Å². The minimum absolute atomic E-state index is 0.153. The van der Waals surface area contributed by atoms with Gasteiger partial charge in [-0.2, -0.15) is 4.80 Å². The fraction of sp³-hybridized carbons (Fsp3) is 0.480. The molecule has 1 atom stereocenters. The summed E-state index contributed by atoms with van der Waals surface area (Å²) in [6, 6.07) is 10.2. The van der Waals surface area contributed by atoms with Gasteiger partial charge in [-0.3, -0.25) is 14.5 Å². The van der Waals surface area contributed by atoms with Gasteiger partial charge < -0.3 is 14.5 Å². The third-order valence-corrected chi connectivity index (χ3v) is 6.09. The molecule has 35 heavy (non-hydrogen) atoms. The summed E-state index contributed by atoms with van der Waals surface area (Å²) in [5.74, 6) is 1.73. The maximum absolute atomic E-state index is 13.6. The van der Waals surface area contributed by atoms with Gasteiger partial charge in [-0.1, -0.05) is 19.8 Å². The number of nitrogens with zero attached hydrogens (tertiary/aromatic N) is 5. The van der Waals surface area contributed by atoms with Gasteiger partial charge in [0, 0.05) is 11.7 Å². The smallest absolute Gasteiger partial charge is 0.251 e. The number of rotatable bonds is 10. The van der Waals surface area contributed by atoms with Crippen molar-refractivity contribution in [3.8, 4) is 17.3 Å². The molecule has 2 heterocycles. The molecule has 2 amide bonds. The predicted octanol–water partition coefficient (Wildman–Crippen LogP) is 3.51. The van der Waals surface area contributed by atoms with E-state index in [1.807, 2.05) is 26.8 Å². The summed E-state index contributed by atoms with van der Waals surface area (Å²) in [5, 5.41) is 15.5. The second kappa shape index (κ2) is 11.2. The highest BCUT2D eigenvalue weighted by atomic mass is 16.5. The lowest BCUT2D eigenvalue weighted by atomic mass is 10.1. The Morgan fingerprint density at radius 2 is 1.91 bits per heavy atom. The number of hydrogen-bond acceptors (Lipinski definition) is 7. The molecule has 1 aliphatic rings. The number of hydrogen-bond donors (Lipinski definition) is 1. The number of aryl methyl sites for hydroxylation is 1. The maximum atomic E-state index is 13.6. The number of carbonyl (C=O) groups excluding carboxylic acids is 2. The highest BCUT2D eigenvalue weighted by molar-refractivity contribution is 6.00. The van der Waals surface area contributed by atoms with Gasteiger partial charge >= 0.3 is 0 Å². The standard InChI is InChI=1S/C25H32N6O4/c1-4-21(25(33)26-18-8-6-7-9-18)31(19-11-13-20(14-12-19)34-5-2)23(32)16-30-28-24(27-29-30)22-15-10-17(3)35-22/h10-15,18,21H,4-9,16H2,1-3H3,(H,26,33). The van der Waals surface area contributed by atoms with Gasteiger partial charge in [-0.15, -0.1) is 10.2 Å². The van der Waals surface area contributed by atoms with E-state index in [0.717, 1.165) is 31.4 Å². The molecule has 1 aromatic carbocycles. The Labute approximate surface area is 204 Å². The molecule has 10 nitrogen and oxygen atoms in total. The zero-order valence-corrected chi connectivity index (χ0v) is 20.4. The van der Waals surface area contributed by atoms with Crippen LogP contribution in [-0.4, -0.2) is 50.7 Å². The van der Waals surface area contributed by atoms with Crippen molar-refractivity contribution in [3.05, 3.63) is 42.2 Å². The zero-order chi connectivity index (χ0) is 24.8. The molecular weight excluding hydrogens is 448 g/mol. The van der Waals surface area contributed by atoms with Gasteiger partial charge in [-0.25, -0.2) is 0 Å². The number of aromatic nitrogens is 4. The molecule has 186 valence electrons. The highest BCUT2D eigenvalue weighted by Crippen LogP contribution is 2.25. The second-order valence-electron chi connectivity index (χ2n) is 8.66. The van der Waals surface area contributed by atoms with Crippen LogP contribution < -0.4 is 15.0 Å². The van der Waals surface area contributed by atoms with Crippen LogP contribution in [0.5, 0.6) is 5.75 Å². The van der Waals surface area contributed by atoms with Gasteiger partial charge in [0.15, 0.2) is 5.76 Å². The Kier molecular flexibility index (Phi) is 7.79. The predicted molar refractivity (Wildman–Crippen MR) is 130 cm³/mol. The van der Waals surface area contributed by atoms with Crippen LogP contribution in [0, 0.1) is 6.92 Å². The second-order valence-corrected chi connectivity index (χ2v) is 8.66. The van der Waals surface area contributed by atoms with Crippen molar-refractivity contribution in [3.63, 3.8) is 0 Å². The SMILES string of the molecule is CCOc1ccc(N(C(=O)Cn2nnc(-c3ccc(C)o3)n2)C(CC)C(=O)NC2CCCC2)cc1. The van der Waals surface area contributed by atoms with Crippen LogP contribution in [0.2, 0.25) is 0 Å². The summed E-state index contributed by atoms with van der Waals surface area (Å²) in [4.78, 5) is 29.6. The Balaban J connectivity index is 1.57. The van der Waals surface area contributed by atoms with E-state index in [9.17, 15) is 9.59 Å². The number of ether oxygens (including phenoxy) is 1. The van der Waals surface area contributed by atoms with Crippen LogP contribution in [0.25, 0.3) is 11.6 Å². The van der Waals surface area contributed by atoms with E-state index in [-0.39, 0.29) is 24.4 Å². The Hall–Kier alpha value is -3.69.